The van der Waals surface area contributed by atoms with Gasteiger partial charge >= 0.3 is 29.7 Å². The van der Waals surface area contributed by atoms with Crippen LogP contribution in [0.3, 0.4) is 0 Å². The van der Waals surface area contributed by atoms with E-state index in [1.54, 1.807) is 12.2 Å². The molecule has 0 aliphatic heterocycles. The molecular weight excluding hydrogens is 455 g/mol. The Morgan fingerprint density at radius 2 is 1.69 bits per heavy atom. The maximum atomic E-state index is 13.1. The van der Waals surface area contributed by atoms with Crippen LogP contribution < -0.4 is 10.1 Å². The van der Waals surface area contributed by atoms with Crippen molar-refractivity contribution in [3.8, 4) is 5.75 Å². The Morgan fingerprint density at radius 3 is 2.12 bits per heavy atom. The van der Waals surface area contributed by atoms with E-state index in [9.17, 15) is 56.7 Å². The molecule has 0 fully saturated rings. The summed E-state index contributed by atoms with van der Waals surface area (Å²) in [7, 11) is 0. The minimum Gasteiger partial charge on any atom is -0.480 e. The van der Waals surface area contributed by atoms with E-state index < -0.39 is 70.4 Å². The van der Waals surface area contributed by atoms with Gasteiger partial charge in [0, 0.05) is 17.7 Å². The van der Waals surface area contributed by atoms with Gasteiger partial charge in [-0.1, -0.05) is 19.8 Å². The summed E-state index contributed by atoms with van der Waals surface area (Å²) < 4.78 is 67.3. The van der Waals surface area contributed by atoms with Crippen LogP contribution in [0.25, 0.3) is 0 Å². The summed E-state index contributed by atoms with van der Waals surface area (Å²) in [6.07, 6.45) is -6.12. The van der Waals surface area contributed by atoms with Crippen LogP contribution >= 0.6 is 0 Å². The van der Waals surface area contributed by atoms with Crippen molar-refractivity contribution in [3.63, 3.8) is 0 Å². The molecule has 0 aromatic heterocycles. The molecule has 0 unspecified atom stereocenters. The number of nitrogens with zero attached hydrogens (tertiary/aromatic N) is 1. The van der Waals surface area contributed by atoms with Gasteiger partial charge in [0.25, 0.3) is 5.91 Å². The smallest absolute Gasteiger partial charge is 0.456 e. The molecule has 0 spiro atoms. The first kappa shape index (κ1) is 26.5. The van der Waals surface area contributed by atoms with E-state index >= 15 is 0 Å². The van der Waals surface area contributed by atoms with Gasteiger partial charge in [-0.05, 0) is 12.5 Å². The number of aliphatic carboxylic acids is 2. The lowest BCUT2D eigenvalue weighted by molar-refractivity contribution is -0.386. The average Bonchev–Trinajstić information content (AvgIpc) is 2.67. The minimum atomic E-state index is -6.02. The number of hydrogen-bond acceptors (Lipinski definition) is 6. The average molecular weight is 472 g/mol. The molecule has 1 rings (SSSR count). The highest BCUT2D eigenvalue weighted by molar-refractivity contribution is 6.09. The summed E-state index contributed by atoms with van der Waals surface area (Å²) in [6, 6.07) is 1.69. The standard InChI is InChI=1S/C17H17F5N2O8/c1-2-3-6-15(13(26)27,14(28)29)23-12(25)9-4-5-10(24(30)31)11(7-9)32-8-16(18,19)17(20,21)22/h4-5,7H,2-3,6,8H2,1H3,(H,23,25)(H,26,27)(H,28,29). The first-order valence-electron chi connectivity index (χ1n) is 8.74. The van der Waals surface area contributed by atoms with Crippen LogP contribution in [-0.4, -0.2) is 57.2 Å². The highest BCUT2D eigenvalue weighted by Crippen LogP contribution is 2.37. The molecule has 1 amide bonds. The summed E-state index contributed by atoms with van der Waals surface area (Å²) in [6.45, 7) is -0.722. The van der Waals surface area contributed by atoms with Crippen molar-refractivity contribution in [2.45, 2.75) is 43.8 Å². The van der Waals surface area contributed by atoms with Crippen molar-refractivity contribution in [3.05, 3.63) is 33.9 Å². The van der Waals surface area contributed by atoms with Gasteiger partial charge in [-0.25, -0.2) is 9.59 Å². The molecule has 0 bridgehead atoms. The van der Waals surface area contributed by atoms with E-state index in [0.29, 0.717) is 18.6 Å². The fourth-order valence-corrected chi connectivity index (χ4v) is 2.35. The number of carboxylic acids is 2. The van der Waals surface area contributed by atoms with Gasteiger partial charge in [0.1, 0.15) is 0 Å². The number of nitro benzene ring substituents is 1. The Kier molecular flexibility index (Phi) is 8.07. The first-order valence-corrected chi connectivity index (χ1v) is 8.74. The second-order valence-electron chi connectivity index (χ2n) is 6.50. The number of benzene rings is 1. The second-order valence-corrected chi connectivity index (χ2v) is 6.50. The Labute approximate surface area is 176 Å². The Balaban J connectivity index is 3.31. The predicted molar refractivity (Wildman–Crippen MR) is 94.6 cm³/mol. The van der Waals surface area contributed by atoms with Crippen LogP contribution in [0.5, 0.6) is 5.75 Å². The molecule has 0 aliphatic carbocycles. The van der Waals surface area contributed by atoms with Gasteiger partial charge < -0.3 is 20.3 Å². The van der Waals surface area contributed by atoms with Gasteiger partial charge in [-0.3, -0.25) is 14.9 Å². The van der Waals surface area contributed by atoms with Crippen molar-refractivity contribution in [2.24, 2.45) is 0 Å². The number of nitrogens with one attached hydrogen (secondary N) is 1. The van der Waals surface area contributed by atoms with Crippen molar-refractivity contribution >= 4 is 23.5 Å². The van der Waals surface area contributed by atoms with Gasteiger partial charge in [-0.2, -0.15) is 22.0 Å². The molecule has 3 N–H and O–H groups in total. The van der Waals surface area contributed by atoms with Crippen LogP contribution in [0.1, 0.15) is 36.5 Å². The lowest BCUT2D eigenvalue weighted by Gasteiger charge is -2.26. The zero-order chi connectivity index (χ0) is 24.9. The zero-order valence-electron chi connectivity index (χ0n) is 16.2. The maximum Gasteiger partial charge on any atom is 0.456 e. The van der Waals surface area contributed by atoms with Gasteiger partial charge in [0.2, 0.25) is 5.54 Å². The maximum absolute atomic E-state index is 13.1. The monoisotopic (exact) mass is 472 g/mol. The molecule has 1 aromatic rings. The number of hydrogen-bond donors (Lipinski definition) is 3. The third-order valence-electron chi connectivity index (χ3n) is 4.20. The highest BCUT2D eigenvalue weighted by Gasteiger charge is 2.58. The van der Waals surface area contributed by atoms with E-state index in [1.807, 2.05) is 0 Å². The number of carbonyl (C=O) groups is 3. The topological polar surface area (TPSA) is 156 Å². The quantitative estimate of drug-likeness (QED) is 0.192. The van der Waals surface area contributed by atoms with Crippen molar-refractivity contribution in [1.29, 1.82) is 0 Å². The third-order valence-corrected chi connectivity index (χ3v) is 4.20. The van der Waals surface area contributed by atoms with E-state index in [4.69, 9.17) is 0 Å². The lowest BCUT2D eigenvalue weighted by Crippen LogP contribution is -2.60. The predicted octanol–water partition coefficient (Wildman–Crippen LogP) is 3.00. The summed E-state index contributed by atoms with van der Waals surface area (Å²) in [4.78, 5) is 45.4. The van der Waals surface area contributed by atoms with Gasteiger partial charge in [0.15, 0.2) is 12.4 Å². The zero-order valence-corrected chi connectivity index (χ0v) is 16.2. The first-order chi connectivity index (χ1) is 14.6. The highest BCUT2D eigenvalue weighted by atomic mass is 19.4. The minimum absolute atomic E-state index is 0.0695. The van der Waals surface area contributed by atoms with Crippen molar-refractivity contribution in [2.75, 3.05) is 6.61 Å². The summed E-state index contributed by atoms with van der Waals surface area (Å²) in [5.41, 5.74) is -4.52. The molecule has 0 heterocycles. The van der Waals surface area contributed by atoms with E-state index in [0.717, 1.165) is 6.07 Å². The van der Waals surface area contributed by atoms with Gasteiger partial charge in [0.05, 0.1) is 4.92 Å². The van der Waals surface area contributed by atoms with Crippen LogP contribution in [0.15, 0.2) is 18.2 Å². The fraction of sp³-hybridized carbons (Fsp3) is 0.471. The number of carbonyl (C=O) groups excluding carboxylic acids is 1. The van der Waals surface area contributed by atoms with E-state index in [-0.39, 0.29) is 6.42 Å². The molecule has 0 saturated heterocycles. The molecule has 15 heteroatoms. The Hall–Kier alpha value is -3.52. The molecule has 0 aliphatic rings. The number of halogens is 5. The van der Waals surface area contributed by atoms with Crippen LogP contribution in [0.4, 0.5) is 27.6 Å². The number of alkyl halides is 5. The van der Waals surface area contributed by atoms with Crippen LogP contribution in [0.2, 0.25) is 0 Å². The Morgan fingerprint density at radius 1 is 1.12 bits per heavy atom. The fourth-order valence-electron chi connectivity index (χ4n) is 2.35. The summed E-state index contributed by atoms with van der Waals surface area (Å²) >= 11 is 0. The normalized spacial score (nSPS) is 12.2. The van der Waals surface area contributed by atoms with Crippen molar-refractivity contribution < 1.29 is 56.2 Å². The number of unbranched alkanes of at least 4 members (excludes halogenated alkanes) is 1. The number of carboxylic acid groups (broad SMARTS) is 2. The summed E-state index contributed by atoms with van der Waals surface area (Å²) in [5, 5.41) is 31.4. The number of amides is 1. The second kappa shape index (κ2) is 9.74. The molecule has 0 saturated carbocycles. The van der Waals surface area contributed by atoms with E-state index in [2.05, 4.69) is 4.74 Å². The molecule has 1 aromatic carbocycles. The van der Waals surface area contributed by atoms with Crippen LogP contribution in [-0.2, 0) is 9.59 Å². The SMILES string of the molecule is CCCCC(NC(=O)c1ccc([N+](=O)[O-])c(OCC(F)(F)C(F)(F)F)c1)(C(=O)O)C(=O)O. The number of ether oxygens (including phenoxy) is 1. The molecule has 178 valence electrons. The summed E-state index contributed by atoms with van der Waals surface area (Å²) in [5.74, 6) is -11.8. The van der Waals surface area contributed by atoms with Gasteiger partial charge in [-0.15, -0.1) is 0 Å². The van der Waals surface area contributed by atoms with Crippen molar-refractivity contribution in [1.82, 2.24) is 5.32 Å². The number of nitro groups is 1. The molecule has 0 atom stereocenters. The largest absolute Gasteiger partial charge is 0.480 e. The van der Waals surface area contributed by atoms with Crippen LogP contribution in [0, 0.1) is 10.1 Å². The molecule has 32 heavy (non-hydrogen) atoms. The molecule has 0 radical (unpaired) electrons. The lowest BCUT2D eigenvalue weighted by atomic mass is 9.92. The Bertz CT molecular complexity index is 889. The third kappa shape index (κ3) is 5.79. The van der Waals surface area contributed by atoms with E-state index in [1.165, 1.54) is 0 Å². The molecular formula is C17H17F5N2O8. The number of rotatable bonds is 11. The molecule has 10 nitrogen and oxygen atoms in total.